The number of anilines is 1. The summed E-state index contributed by atoms with van der Waals surface area (Å²) in [7, 11) is 0. The van der Waals surface area contributed by atoms with Gasteiger partial charge in [-0.3, -0.25) is 14.9 Å². The third-order valence-electron chi connectivity index (χ3n) is 6.50. The van der Waals surface area contributed by atoms with E-state index in [-0.39, 0.29) is 17.7 Å². The van der Waals surface area contributed by atoms with Gasteiger partial charge in [-0.15, -0.1) is 0 Å². The van der Waals surface area contributed by atoms with Crippen LogP contribution in [0.25, 0.3) is 0 Å². The van der Waals surface area contributed by atoms with Crippen molar-refractivity contribution >= 4 is 40.5 Å². The van der Waals surface area contributed by atoms with Gasteiger partial charge in [0, 0.05) is 60.1 Å². The average Bonchev–Trinajstić information content (AvgIpc) is 3.40. The highest BCUT2D eigenvalue weighted by atomic mass is 35.5. The summed E-state index contributed by atoms with van der Waals surface area (Å²) in [5.41, 5.74) is 2.19. The summed E-state index contributed by atoms with van der Waals surface area (Å²) in [4.78, 5) is 27.1. The van der Waals surface area contributed by atoms with Crippen LogP contribution in [-0.2, 0) is 9.47 Å². The molecule has 0 aromatic heterocycles. The van der Waals surface area contributed by atoms with E-state index in [0.29, 0.717) is 55.0 Å². The molecule has 1 amide bonds. The van der Waals surface area contributed by atoms with Crippen molar-refractivity contribution in [1.82, 2.24) is 4.90 Å². The van der Waals surface area contributed by atoms with Crippen molar-refractivity contribution in [1.29, 1.82) is 0 Å². The zero-order valence-electron chi connectivity index (χ0n) is 20.3. The minimum Gasteiger partial charge on any atom is -0.491 e. The van der Waals surface area contributed by atoms with E-state index in [1.807, 2.05) is 24.3 Å². The number of benzene rings is 3. The largest absolute Gasteiger partial charge is 0.491 e. The van der Waals surface area contributed by atoms with Crippen LogP contribution in [0.3, 0.4) is 0 Å². The molecule has 2 aliphatic rings. The maximum absolute atomic E-state index is 12.8. The zero-order chi connectivity index (χ0) is 26.6. The molecule has 11 heteroatoms. The minimum absolute atomic E-state index is 0.0325. The number of nitro groups is 1. The zero-order valence-corrected chi connectivity index (χ0v) is 21.8. The molecule has 2 fully saturated rings. The van der Waals surface area contributed by atoms with E-state index in [9.17, 15) is 14.9 Å². The molecule has 2 heterocycles. The van der Waals surface area contributed by atoms with Gasteiger partial charge in [-0.2, -0.15) is 0 Å². The first-order valence-electron chi connectivity index (χ1n) is 12.1. The van der Waals surface area contributed by atoms with E-state index < -0.39 is 11.2 Å². The van der Waals surface area contributed by atoms with Gasteiger partial charge in [-0.1, -0.05) is 29.3 Å². The van der Waals surface area contributed by atoms with Crippen LogP contribution in [0.4, 0.5) is 11.4 Å². The molecule has 0 aliphatic carbocycles. The van der Waals surface area contributed by atoms with Gasteiger partial charge in [-0.25, -0.2) is 0 Å². The van der Waals surface area contributed by atoms with Crippen molar-refractivity contribution < 1.29 is 23.9 Å². The number of carbonyl (C=O) groups excluding carboxylic acids is 1. The van der Waals surface area contributed by atoms with E-state index in [1.54, 1.807) is 23.1 Å². The van der Waals surface area contributed by atoms with Crippen molar-refractivity contribution in [2.45, 2.75) is 12.4 Å². The van der Waals surface area contributed by atoms with Gasteiger partial charge in [0.1, 0.15) is 18.5 Å². The highest BCUT2D eigenvalue weighted by Gasteiger charge is 2.29. The second kappa shape index (κ2) is 11.6. The third-order valence-corrected chi connectivity index (χ3v) is 7.06. The van der Waals surface area contributed by atoms with E-state index >= 15 is 0 Å². The number of amides is 1. The standard InChI is InChI=1S/C27H25Cl2N3O6/c28-19-3-10-24(25(29)15-19)27-37-17-23(38-27)16-36-22-8-6-20(7-9-22)30-11-13-31(14-12-30)26(33)18-1-4-21(5-2-18)32(34)35/h1-10,15,23,27H,11-14,16-17H2. The second-order valence-corrected chi connectivity index (χ2v) is 9.82. The molecule has 0 saturated carbocycles. The normalized spacial score (nSPS) is 19.4. The summed E-state index contributed by atoms with van der Waals surface area (Å²) in [6, 6.07) is 18.7. The molecule has 2 unspecified atom stereocenters. The molecule has 2 saturated heterocycles. The molecule has 2 aliphatic heterocycles. The lowest BCUT2D eigenvalue weighted by Crippen LogP contribution is -2.48. The Morgan fingerprint density at radius 2 is 1.71 bits per heavy atom. The van der Waals surface area contributed by atoms with Crippen molar-refractivity contribution in [3.63, 3.8) is 0 Å². The smallest absolute Gasteiger partial charge is 0.269 e. The van der Waals surface area contributed by atoms with Crippen molar-refractivity contribution in [3.05, 3.63) is 98.0 Å². The molecule has 3 aromatic carbocycles. The van der Waals surface area contributed by atoms with Gasteiger partial charge < -0.3 is 24.0 Å². The second-order valence-electron chi connectivity index (χ2n) is 8.98. The van der Waals surface area contributed by atoms with E-state index in [2.05, 4.69) is 4.90 Å². The monoisotopic (exact) mass is 557 g/mol. The van der Waals surface area contributed by atoms with Crippen LogP contribution in [0.15, 0.2) is 66.7 Å². The Morgan fingerprint density at radius 1 is 1.00 bits per heavy atom. The molecular formula is C27H25Cl2N3O6. The highest BCUT2D eigenvalue weighted by Crippen LogP contribution is 2.33. The summed E-state index contributed by atoms with van der Waals surface area (Å²) in [5, 5.41) is 11.9. The lowest BCUT2D eigenvalue weighted by Gasteiger charge is -2.36. The topological polar surface area (TPSA) is 94.4 Å². The molecule has 9 nitrogen and oxygen atoms in total. The van der Waals surface area contributed by atoms with Crippen LogP contribution < -0.4 is 9.64 Å². The molecule has 0 N–H and O–H groups in total. The summed E-state index contributed by atoms with van der Waals surface area (Å²) >= 11 is 12.2. The van der Waals surface area contributed by atoms with Crippen molar-refractivity contribution in [2.24, 2.45) is 0 Å². The Hall–Kier alpha value is -3.37. The van der Waals surface area contributed by atoms with Gasteiger partial charge in [0.25, 0.3) is 11.6 Å². The minimum atomic E-state index is -0.554. The van der Waals surface area contributed by atoms with Crippen molar-refractivity contribution in [2.75, 3.05) is 44.3 Å². The number of carbonyl (C=O) groups is 1. The summed E-state index contributed by atoms with van der Waals surface area (Å²) in [6.07, 6.45) is -0.783. The summed E-state index contributed by atoms with van der Waals surface area (Å²) in [5.74, 6) is 0.597. The fraction of sp³-hybridized carbons (Fsp3) is 0.296. The quantitative estimate of drug-likeness (QED) is 0.285. The van der Waals surface area contributed by atoms with E-state index in [1.165, 1.54) is 24.3 Å². The van der Waals surface area contributed by atoms with Crippen LogP contribution in [-0.4, -0.2) is 61.2 Å². The SMILES string of the molecule is O=C(c1ccc([N+](=O)[O-])cc1)N1CCN(c2ccc(OCC3COC(c4ccc(Cl)cc4Cl)O3)cc2)CC1. The molecule has 0 bridgehead atoms. The average molecular weight is 558 g/mol. The van der Waals surface area contributed by atoms with Gasteiger partial charge in [0.2, 0.25) is 0 Å². The predicted molar refractivity (Wildman–Crippen MR) is 143 cm³/mol. The Labute approximate surface area is 229 Å². The molecule has 0 spiro atoms. The van der Waals surface area contributed by atoms with Crippen molar-refractivity contribution in [3.8, 4) is 5.75 Å². The van der Waals surface area contributed by atoms with Gasteiger partial charge >= 0.3 is 0 Å². The maximum atomic E-state index is 12.8. The van der Waals surface area contributed by atoms with Gasteiger partial charge in [-0.05, 0) is 48.5 Å². The fourth-order valence-corrected chi connectivity index (χ4v) is 4.91. The van der Waals surface area contributed by atoms with Gasteiger partial charge in [0.15, 0.2) is 6.29 Å². The molecule has 3 aromatic rings. The number of nitrogens with zero attached hydrogens (tertiary/aromatic N) is 3. The Balaban J connectivity index is 1.08. The predicted octanol–water partition coefficient (Wildman–Crippen LogP) is 5.36. The van der Waals surface area contributed by atoms with Gasteiger partial charge in [0.05, 0.1) is 16.6 Å². The number of rotatable bonds is 7. The first-order valence-corrected chi connectivity index (χ1v) is 12.9. The molecule has 0 radical (unpaired) electrons. The highest BCUT2D eigenvalue weighted by molar-refractivity contribution is 6.35. The number of non-ortho nitro benzene ring substituents is 1. The molecule has 38 heavy (non-hydrogen) atoms. The molecule has 2 atom stereocenters. The van der Waals surface area contributed by atoms with Crippen LogP contribution in [0.1, 0.15) is 22.2 Å². The maximum Gasteiger partial charge on any atom is 0.269 e. The van der Waals surface area contributed by atoms with Crippen LogP contribution >= 0.6 is 23.2 Å². The third kappa shape index (κ3) is 6.02. The number of piperazine rings is 1. The molecular weight excluding hydrogens is 533 g/mol. The van der Waals surface area contributed by atoms with E-state index in [4.69, 9.17) is 37.4 Å². The van der Waals surface area contributed by atoms with Crippen LogP contribution in [0.5, 0.6) is 5.75 Å². The number of nitro benzene ring substituents is 1. The Bertz CT molecular complexity index is 1300. The lowest BCUT2D eigenvalue weighted by atomic mass is 10.1. The Morgan fingerprint density at radius 3 is 2.37 bits per heavy atom. The first kappa shape index (κ1) is 26.2. The number of hydrogen-bond donors (Lipinski definition) is 0. The van der Waals surface area contributed by atoms with E-state index in [0.717, 1.165) is 17.0 Å². The number of halogens is 2. The van der Waals surface area contributed by atoms with Crippen LogP contribution in [0.2, 0.25) is 10.0 Å². The molecule has 198 valence electrons. The lowest BCUT2D eigenvalue weighted by molar-refractivity contribution is -0.384. The number of ether oxygens (including phenoxy) is 3. The van der Waals surface area contributed by atoms with Crippen LogP contribution in [0, 0.1) is 10.1 Å². The first-order chi connectivity index (χ1) is 18.4. The number of hydrogen-bond acceptors (Lipinski definition) is 7. The molecule has 5 rings (SSSR count). The summed E-state index contributed by atoms with van der Waals surface area (Å²) < 4.78 is 17.6. The fourth-order valence-electron chi connectivity index (χ4n) is 4.41. The summed E-state index contributed by atoms with van der Waals surface area (Å²) in [6.45, 7) is 3.22. The Kier molecular flexibility index (Phi) is 7.99.